The molecule has 368 valence electrons. The molecule has 4 heterocycles. The minimum Gasteiger partial charge on any atom is -1.00 e. The van der Waals surface area contributed by atoms with Crippen LogP contribution in [0.25, 0.3) is 11.3 Å². The SMILES string of the molecule is CC(OC(=O)N(C)CC(=O)OCc1cccnc1N(C)C(=O)OC(C)[n+]1cnn(C[C@](O)(c2cc(F)ccc2F)[C@@H](C)c2nc(-c3ccc(C#N)cc3)cs2)c1)OC(=O)N(C)c1ncccc1CO.[I-]. The average Bonchev–Trinajstić information content (AvgIpc) is 4.04. The first-order chi connectivity index (χ1) is 32.9. The molecule has 2 N–H and O–H groups in total. The molecule has 0 fully saturated rings. The summed E-state index contributed by atoms with van der Waals surface area (Å²) in [6.07, 6.45) is 0.377. The zero-order chi connectivity index (χ0) is 50.0. The fourth-order valence-electron chi connectivity index (χ4n) is 6.78. The predicted molar refractivity (Wildman–Crippen MR) is 241 cm³/mol. The molecule has 0 aliphatic carbocycles. The van der Waals surface area contributed by atoms with Gasteiger partial charge in [0.05, 0.1) is 28.9 Å². The molecule has 6 aromatic rings. The lowest BCUT2D eigenvalue weighted by molar-refractivity contribution is -0.753. The van der Waals surface area contributed by atoms with Gasteiger partial charge in [0.2, 0.25) is 18.8 Å². The number of thiazole rings is 1. The molecule has 0 spiro atoms. The number of amides is 3. The van der Waals surface area contributed by atoms with E-state index in [1.807, 2.05) is 0 Å². The molecule has 0 aliphatic heterocycles. The van der Waals surface area contributed by atoms with E-state index in [1.54, 1.807) is 67.8 Å². The van der Waals surface area contributed by atoms with Crippen molar-refractivity contribution in [2.75, 3.05) is 37.5 Å². The van der Waals surface area contributed by atoms with E-state index in [0.717, 1.165) is 38.5 Å². The van der Waals surface area contributed by atoms with Crippen LogP contribution in [-0.4, -0.2) is 98.1 Å². The second-order valence-electron chi connectivity index (χ2n) is 15.5. The molecule has 2 unspecified atom stereocenters. The molecule has 6 rings (SSSR count). The lowest BCUT2D eigenvalue weighted by atomic mass is 9.82. The van der Waals surface area contributed by atoms with Gasteiger partial charge in [-0.2, -0.15) is 9.83 Å². The summed E-state index contributed by atoms with van der Waals surface area (Å²) < 4.78 is 54.2. The maximum atomic E-state index is 15.5. The van der Waals surface area contributed by atoms with Crippen molar-refractivity contribution < 1.29 is 85.7 Å². The van der Waals surface area contributed by atoms with Gasteiger partial charge in [-0.25, -0.2) is 38.1 Å². The molecule has 0 aliphatic rings. The highest BCUT2D eigenvalue weighted by Gasteiger charge is 2.44. The molecule has 24 heteroatoms. The molecule has 70 heavy (non-hydrogen) atoms. The minimum absolute atomic E-state index is 0. The molecule has 3 amide bonds. The quantitative estimate of drug-likeness (QED) is 0.0439. The number of aliphatic hydroxyl groups is 2. The van der Waals surface area contributed by atoms with Crippen LogP contribution in [0.3, 0.4) is 0 Å². The van der Waals surface area contributed by atoms with Crippen molar-refractivity contribution >= 4 is 47.2 Å². The van der Waals surface area contributed by atoms with Crippen molar-refractivity contribution in [3.8, 4) is 17.3 Å². The Labute approximate surface area is 421 Å². The van der Waals surface area contributed by atoms with E-state index in [1.165, 1.54) is 73.7 Å². The van der Waals surface area contributed by atoms with Gasteiger partial charge < -0.3 is 58.0 Å². The fourth-order valence-corrected chi connectivity index (χ4v) is 7.75. The highest BCUT2D eigenvalue weighted by Crippen LogP contribution is 2.41. The van der Waals surface area contributed by atoms with Gasteiger partial charge in [-0.3, -0.25) is 14.6 Å². The Morgan fingerprint density at radius 1 is 0.900 bits per heavy atom. The van der Waals surface area contributed by atoms with Gasteiger partial charge in [0.1, 0.15) is 48.6 Å². The normalized spacial score (nSPS) is 13.0. The Balaban J connectivity index is 0.00000913. The predicted octanol–water partition coefficient (Wildman–Crippen LogP) is 2.94. The summed E-state index contributed by atoms with van der Waals surface area (Å²) in [6.45, 7) is 2.78. The highest BCUT2D eigenvalue weighted by atomic mass is 127. The topological polar surface area (TPSA) is 240 Å². The van der Waals surface area contributed by atoms with Gasteiger partial charge in [0.15, 0.2) is 0 Å². The summed E-state index contributed by atoms with van der Waals surface area (Å²) in [5, 5.41) is 37.6. The van der Waals surface area contributed by atoms with Crippen molar-refractivity contribution in [1.82, 2.24) is 29.6 Å². The van der Waals surface area contributed by atoms with E-state index in [0.29, 0.717) is 27.4 Å². The standard InChI is InChI=1S/C46H47F2N10O10S.HI/c1-28(42-53-38(24-69-42)32-13-11-31(20-49)12-14-32)46(64,36-19-35(47)15-16-37(36)48)25-58-27-57(26-52-58)29(2)66-44(62)56(6)41-34(10-8-18-51-41)23-65-39(60)21-54(4)43(61)67-30(3)68-45(63)55(5)40-33(22-59)9-7-17-50-40;/h7-19,24,26-30,59,64H,21-23,25H2,1-6H3;1H/q+1;/p-1/t28-,29?,30?,46+;/m0./s1. The Hall–Kier alpha value is -7.21. The zero-order valence-corrected chi connectivity index (χ0v) is 41.4. The number of aromatic nitrogens is 6. The number of halogens is 3. The Bertz CT molecular complexity index is 2850. The summed E-state index contributed by atoms with van der Waals surface area (Å²) in [7, 11) is 4.01. The number of esters is 1. The summed E-state index contributed by atoms with van der Waals surface area (Å²) in [6, 6.07) is 17.9. The number of aliphatic hydroxyl groups excluding tert-OH is 1. The molecule has 0 saturated carbocycles. The molecule has 0 bridgehead atoms. The highest BCUT2D eigenvalue weighted by molar-refractivity contribution is 7.10. The maximum Gasteiger partial charge on any atom is 0.418 e. The van der Waals surface area contributed by atoms with E-state index in [2.05, 4.69) is 21.1 Å². The van der Waals surface area contributed by atoms with E-state index in [-0.39, 0.29) is 60.9 Å². The first-order valence-electron chi connectivity index (χ1n) is 20.9. The monoisotopic (exact) mass is 1100 g/mol. The van der Waals surface area contributed by atoms with Gasteiger partial charge in [0, 0.05) is 86.0 Å². The second-order valence-corrected chi connectivity index (χ2v) is 16.4. The first kappa shape index (κ1) is 53.7. The van der Waals surface area contributed by atoms with Crippen molar-refractivity contribution in [3.63, 3.8) is 0 Å². The zero-order valence-electron chi connectivity index (χ0n) is 38.5. The molecule has 2 aromatic carbocycles. The van der Waals surface area contributed by atoms with Crippen LogP contribution >= 0.6 is 11.3 Å². The van der Waals surface area contributed by atoms with Crippen molar-refractivity contribution in [1.29, 1.82) is 5.26 Å². The lowest BCUT2D eigenvalue weighted by Crippen LogP contribution is -3.00. The molecule has 20 nitrogen and oxygen atoms in total. The van der Waals surface area contributed by atoms with Crippen LogP contribution in [0.4, 0.5) is 34.8 Å². The third-order valence-corrected chi connectivity index (χ3v) is 11.7. The van der Waals surface area contributed by atoms with Gasteiger partial charge >= 0.3 is 24.2 Å². The summed E-state index contributed by atoms with van der Waals surface area (Å²) in [4.78, 5) is 67.7. The number of hydrogen-bond acceptors (Lipinski definition) is 16. The smallest absolute Gasteiger partial charge is 0.418 e. The van der Waals surface area contributed by atoms with Crippen LogP contribution in [0.15, 0.2) is 97.2 Å². The fraction of sp³-hybridized carbons (Fsp3) is 0.304. The van der Waals surface area contributed by atoms with Crippen LogP contribution in [-0.2, 0) is 49.1 Å². The number of rotatable bonds is 17. The third-order valence-electron chi connectivity index (χ3n) is 10.7. The Kier molecular flexibility index (Phi) is 18.3. The van der Waals surface area contributed by atoms with Crippen molar-refractivity contribution in [3.05, 3.63) is 136 Å². The van der Waals surface area contributed by atoms with E-state index < -0.39 is 66.5 Å². The molecule has 0 radical (unpaired) electrons. The van der Waals surface area contributed by atoms with Gasteiger partial charge in [0.25, 0.3) is 6.33 Å². The van der Waals surface area contributed by atoms with Crippen LogP contribution in [0, 0.1) is 23.0 Å². The number of hydrogen-bond donors (Lipinski definition) is 2. The van der Waals surface area contributed by atoms with E-state index >= 15 is 4.39 Å². The maximum absolute atomic E-state index is 15.5. The summed E-state index contributed by atoms with van der Waals surface area (Å²) in [5.74, 6) is -3.16. The first-order valence-corrected chi connectivity index (χ1v) is 21.8. The molecular formula is C46H47F2IN10O10S. The average molecular weight is 1100 g/mol. The Morgan fingerprint density at radius 2 is 1.53 bits per heavy atom. The van der Waals surface area contributed by atoms with Crippen LogP contribution in [0.5, 0.6) is 0 Å². The van der Waals surface area contributed by atoms with Crippen LogP contribution in [0.1, 0.15) is 60.2 Å². The number of likely N-dealkylation sites (N-methyl/N-ethyl adjacent to an activating group) is 1. The second kappa shape index (κ2) is 23.9. The number of ether oxygens (including phenoxy) is 4. The molecular weight excluding hydrogens is 1050 g/mol. The number of pyridine rings is 2. The number of nitriles is 1. The number of carbonyl (C=O) groups excluding carboxylic acids is 4. The third kappa shape index (κ3) is 12.9. The van der Waals surface area contributed by atoms with Crippen molar-refractivity contribution in [2.24, 2.45) is 0 Å². The lowest BCUT2D eigenvalue weighted by Gasteiger charge is -2.32. The number of benzene rings is 2. The van der Waals surface area contributed by atoms with Crippen LogP contribution < -0.4 is 38.3 Å². The van der Waals surface area contributed by atoms with Gasteiger partial charge in [-0.05, 0) is 42.5 Å². The number of anilines is 2. The number of carbonyl (C=O) groups is 4. The summed E-state index contributed by atoms with van der Waals surface area (Å²) in [5.41, 5.74) is -0.0117. The van der Waals surface area contributed by atoms with Crippen LogP contribution in [0.2, 0.25) is 0 Å². The minimum atomic E-state index is -2.10. The van der Waals surface area contributed by atoms with Gasteiger partial charge in [-0.15, -0.1) is 16.0 Å². The Morgan fingerprint density at radius 3 is 2.19 bits per heavy atom. The molecule has 4 atom stereocenters. The largest absolute Gasteiger partial charge is 1.00 e. The van der Waals surface area contributed by atoms with E-state index in [4.69, 9.17) is 23.9 Å². The number of nitrogens with zero attached hydrogens (tertiary/aromatic N) is 10. The molecule has 0 saturated heterocycles. The van der Waals surface area contributed by atoms with Gasteiger partial charge in [-0.1, -0.05) is 31.2 Å². The molecule has 4 aromatic heterocycles. The summed E-state index contributed by atoms with van der Waals surface area (Å²) >= 11 is 1.22. The van der Waals surface area contributed by atoms with E-state index in [9.17, 15) is 39.0 Å². The van der Waals surface area contributed by atoms with Crippen molar-refractivity contribution in [2.45, 2.75) is 64.6 Å².